The molecule has 0 saturated carbocycles. The van der Waals surface area contributed by atoms with Crippen LogP contribution >= 0.6 is 0 Å². The van der Waals surface area contributed by atoms with Crippen LogP contribution in [0, 0.1) is 0 Å². The van der Waals surface area contributed by atoms with Gasteiger partial charge in [-0.3, -0.25) is 9.78 Å². The van der Waals surface area contributed by atoms with E-state index in [9.17, 15) is 4.79 Å². The first kappa shape index (κ1) is 12.3. The largest absolute Gasteiger partial charge is 0.487 e. The molecule has 18 heavy (non-hydrogen) atoms. The maximum Gasteiger partial charge on any atom is 0.166 e. The summed E-state index contributed by atoms with van der Waals surface area (Å²) >= 11 is 0. The fraction of sp³-hybridized carbons (Fsp3) is 0.200. The van der Waals surface area contributed by atoms with Crippen LogP contribution in [0.15, 0.2) is 48.7 Å². The molecule has 0 atom stereocenters. The molecule has 92 valence electrons. The monoisotopic (exact) mass is 241 g/mol. The van der Waals surface area contributed by atoms with Crippen LogP contribution in [0.3, 0.4) is 0 Å². The number of ether oxygens (including phenoxy) is 1. The lowest BCUT2D eigenvalue weighted by Gasteiger charge is -2.09. The van der Waals surface area contributed by atoms with Gasteiger partial charge in [0.05, 0.1) is 11.3 Å². The minimum absolute atomic E-state index is 0.0895. The minimum Gasteiger partial charge on any atom is -0.487 e. The molecule has 3 nitrogen and oxygen atoms in total. The number of hydrogen-bond acceptors (Lipinski definition) is 3. The minimum atomic E-state index is 0.0895. The molecule has 0 aliphatic heterocycles. The molecule has 2 aromatic rings. The average Bonchev–Trinajstić information content (AvgIpc) is 2.45. The van der Waals surface area contributed by atoms with Gasteiger partial charge in [0.2, 0.25) is 0 Å². The van der Waals surface area contributed by atoms with Crippen LogP contribution in [-0.2, 0) is 6.61 Å². The molecule has 1 heterocycles. The number of carbonyl (C=O) groups excluding carboxylic acids is 1. The molecule has 0 amide bonds. The molecule has 0 unspecified atom stereocenters. The van der Waals surface area contributed by atoms with Crippen molar-refractivity contribution in [2.75, 3.05) is 0 Å². The van der Waals surface area contributed by atoms with Crippen molar-refractivity contribution in [3.8, 4) is 5.75 Å². The van der Waals surface area contributed by atoms with Crippen molar-refractivity contribution in [3.63, 3.8) is 0 Å². The number of para-hydroxylation sites is 1. The molecule has 1 aromatic carbocycles. The van der Waals surface area contributed by atoms with E-state index >= 15 is 0 Å². The molecule has 1 aromatic heterocycles. The summed E-state index contributed by atoms with van der Waals surface area (Å²) in [6, 6.07) is 13.0. The van der Waals surface area contributed by atoms with Crippen LogP contribution in [0.4, 0.5) is 0 Å². The van der Waals surface area contributed by atoms with Gasteiger partial charge in [0, 0.05) is 12.6 Å². The summed E-state index contributed by atoms with van der Waals surface area (Å²) in [5.74, 6) is 0.710. The number of Topliss-reactive ketones (excluding diaryl/α,β-unsaturated/α-hetero) is 1. The standard InChI is InChI=1S/C15H15NO2/c1-2-14(17)13-8-3-4-9-15(13)18-11-12-7-5-6-10-16-12/h3-10H,2,11H2,1H3. The molecule has 3 heteroatoms. The van der Waals surface area contributed by atoms with Gasteiger partial charge in [0.1, 0.15) is 12.4 Å². The Labute approximate surface area is 106 Å². The molecular formula is C15H15NO2. The third kappa shape index (κ3) is 2.94. The lowest BCUT2D eigenvalue weighted by Crippen LogP contribution is -2.04. The fourth-order valence-electron chi connectivity index (χ4n) is 1.65. The number of carbonyl (C=O) groups is 1. The van der Waals surface area contributed by atoms with Crippen LogP contribution in [0.25, 0.3) is 0 Å². The van der Waals surface area contributed by atoms with E-state index in [1.165, 1.54) is 0 Å². The Kier molecular flexibility index (Phi) is 4.07. The number of aromatic nitrogens is 1. The molecule has 0 aliphatic rings. The second-order valence-corrected chi connectivity index (χ2v) is 3.88. The van der Waals surface area contributed by atoms with Crippen LogP contribution in [0.2, 0.25) is 0 Å². The maximum atomic E-state index is 11.7. The van der Waals surface area contributed by atoms with E-state index in [2.05, 4.69) is 4.98 Å². The molecular weight excluding hydrogens is 226 g/mol. The molecule has 0 spiro atoms. The predicted molar refractivity (Wildman–Crippen MR) is 69.6 cm³/mol. The van der Waals surface area contributed by atoms with Crippen molar-refractivity contribution in [1.29, 1.82) is 0 Å². The third-order valence-electron chi connectivity index (χ3n) is 2.61. The summed E-state index contributed by atoms with van der Waals surface area (Å²) in [6.45, 7) is 2.21. The summed E-state index contributed by atoms with van der Waals surface area (Å²) in [5.41, 5.74) is 1.48. The van der Waals surface area contributed by atoms with Crippen molar-refractivity contribution in [3.05, 3.63) is 59.9 Å². The van der Waals surface area contributed by atoms with Crippen LogP contribution in [0.1, 0.15) is 29.4 Å². The summed E-state index contributed by atoms with van der Waals surface area (Å²) < 4.78 is 5.66. The van der Waals surface area contributed by atoms with Crippen molar-refractivity contribution in [2.45, 2.75) is 20.0 Å². The first-order valence-corrected chi connectivity index (χ1v) is 5.96. The van der Waals surface area contributed by atoms with E-state index in [-0.39, 0.29) is 5.78 Å². The van der Waals surface area contributed by atoms with E-state index in [0.717, 1.165) is 5.69 Å². The highest BCUT2D eigenvalue weighted by atomic mass is 16.5. The van der Waals surface area contributed by atoms with Crippen molar-refractivity contribution < 1.29 is 9.53 Å². The Morgan fingerprint density at radius 3 is 2.67 bits per heavy atom. The van der Waals surface area contributed by atoms with Gasteiger partial charge in [-0.15, -0.1) is 0 Å². The van der Waals surface area contributed by atoms with Crippen LogP contribution in [0.5, 0.6) is 5.75 Å². The predicted octanol–water partition coefficient (Wildman–Crippen LogP) is 3.25. The van der Waals surface area contributed by atoms with Gasteiger partial charge >= 0.3 is 0 Å². The number of hydrogen-bond donors (Lipinski definition) is 0. The van der Waals surface area contributed by atoms with E-state index < -0.39 is 0 Å². The van der Waals surface area contributed by atoms with Crippen molar-refractivity contribution in [2.24, 2.45) is 0 Å². The van der Waals surface area contributed by atoms with Crippen molar-refractivity contribution in [1.82, 2.24) is 4.98 Å². The molecule has 0 saturated heterocycles. The second kappa shape index (κ2) is 5.96. The number of nitrogens with zero attached hydrogens (tertiary/aromatic N) is 1. The quantitative estimate of drug-likeness (QED) is 0.754. The maximum absolute atomic E-state index is 11.7. The van der Waals surface area contributed by atoms with Crippen LogP contribution < -0.4 is 4.74 Å². The van der Waals surface area contributed by atoms with Gasteiger partial charge in [-0.05, 0) is 24.3 Å². The molecule has 0 aliphatic carbocycles. The lowest BCUT2D eigenvalue weighted by molar-refractivity contribution is 0.0983. The summed E-state index contributed by atoms with van der Waals surface area (Å²) in [5, 5.41) is 0. The normalized spacial score (nSPS) is 10.1. The highest BCUT2D eigenvalue weighted by Crippen LogP contribution is 2.20. The van der Waals surface area contributed by atoms with E-state index in [1.807, 2.05) is 43.3 Å². The zero-order valence-corrected chi connectivity index (χ0v) is 10.3. The van der Waals surface area contributed by atoms with Crippen LogP contribution in [-0.4, -0.2) is 10.8 Å². The van der Waals surface area contributed by atoms with E-state index in [4.69, 9.17) is 4.74 Å². The molecule has 0 bridgehead atoms. The Morgan fingerprint density at radius 1 is 1.17 bits per heavy atom. The summed E-state index contributed by atoms with van der Waals surface area (Å²) in [6.07, 6.45) is 2.20. The number of rotatable bonds is 5. The third-order valence-corrected chi connectivity index (χ3v) is 2.61. The van der Waals surface area contributed by atoms with Gasteiger partial charge in [0.25, 0.3) is 0 Å². The number of benzene rings is 1. The SMILES string of the molecule is CCC(=O)c1ccccc1OCc1ccccn1. The highest BCUT2D eigenvalue weighted by molar-refractivity contribution is 5.98. The molecule has 0 radical (unpaired) electrons. The topological polar surface area (TPSA) is 39.2 Å². The Morgan fingerprint density at radius 2 is 1.94 bits per heavy atom. The van der Waals surface area contributed by atoms with E-state index in [0.29, 0.717) is 24.3 Å². The Bertz CT molecular complexity index is 523. The number of ketones is 1. The van der Waals surface area contributed by atoms with Gasteiger partial charge in [-0.2, -0.15) is 0 Å². The Hall–Kier alpha value is -2.16. The lowest BCUT2D eigenvalue weighted by atomic mass is 10.1. The first-order chi connectivity index (χ1) is 8.81. The van der Waals surface area contributed by atoms with Gasteiger partial charge in [-0.1, -0.05) is 25.1 Å². The van der Waals surface area contributed by atoms with E-state index in [1.54, 1.807) is 12.3 Å². The molecule has 0 fully saturated rings. The summed E-state index contributed by atoms with van der Waals surface area (Å²) in [4.78, 5) is 15.9. The first-order valence-electron chi connectivity index (χ1n) is 5.96. The average molecular weight is 241 g/mol. The van der Waals surface area contributed by atoms with Gasteiger partial charge in [-0.25, -0.2) is 0 Å². The number of pyridine rings is 1. The van der Waals surface area contributed by atoms with Gasteiger partial charge in [0.15, 0.2) is 5.78 Å². The second-order valence-electron chi connectivity index (χ2n) is 3.88. The molecule has 2 rings (SSSR count). The summed E-state index contributed by atoms with van der Waals surface area (Å²) in [7, 11) is 0. The van der Waals surface area contributed by atoms with Gasteiger partial charge < -0.3 is 4.74 Å². The smallest absolute Gasteiger partial charge is 0.166 e. The zero-order valence-electron chi connectivity index (χ0n) is 10.3. The fourth-order valence-corrected chi connectivity index (χ4v) is 1.65. The Balaban J connectivity index is 2.12. The van der Waals surface area contributed by atoms with Crippen molar-refractivity contribution >= 4 is 5.78 Å². The molecule has 0 N–H and O–H groups in total. The highest BCUT2D eigenvalue weighted by Gasteiger charge is 2.09. The zero-order chi connectivity index (χ0) is 12.8.